The van der Waals surface area contributed by atoms with Crippen molar-refractivity contribution in [2.24, 2.45) is 0 Å². The quantitative estimate of drug-likeness (QED) is 0.190. The third-order valence-corrected chi connectivity index (χ3v) is 7.43. The van der Waals surface area contributed by atoms with Crippen molar-refractivity contribution in [2.45, 2.75) is 57.8 Å². The minimum Gasteiger partial charge on any atom is -0.462 e. The molecule has 43 heavy (non-hydrogen) atoms. The van der Waals surface area contributed by atoms with Crippen molar-refractivity contribution in [3.8, 4) is 0 Å². The van der Waals surface area contributed by atoms with Gasteiger partial charge in [0, 0.05) is 18.9 Å². The summed E-state index contributed by atoms with van der Waals surface area (Å²) in [6.07, 6.45) is 0.458. The van der Waals surface area contributed by atoms with Gasteiger partial charge >= 0.3 is 12.1 Å². The first-order valence-corrected chi connectivity index (χ1v) is 14.8. The van der Waals surface area contributed by atoms with Crippen LogP contribution < -0.4 is 0 Å². The number of piperidine rings is 1. The van der Waals surface area contributed by atoms with Gasteiger partial charge in [0.25, 0.3) is 0 Å². The average molecular weight is 582 g/mol. The molecule has 1 aliphatic heterocycles. The summed E-state index contributed by atoms with van der Waals surface area (Å²) in [6.45, 7) is 7.18. The van der Waals surface area contributed by atoms with Gasteiger partial charge in [0.2, 0.25) is 0 Å². The van der Waals surface area contributed by atoms with E-state index in [9.17, 15) is 9.59 Å². The maximum Gasteiger partial charge on any atom is 0.528 e. The Bertz CT molecular complexity index is 1510. The van der Waals surface area contributed by atoms with Crippen LogP contribution >= 0.6 is 0 Å². The lowest BCUT2D eigenvalue weighted by molar-refractivity contribution is -0.179. The normalized spacial score (nSPS) is 17.4. The molecule has 0 saturated carbocycles. The van der Waals surface area contributed by atoms with Crippen molar-refractivity contribution in [1.29, 1.82) is 0 Å². The predicted molar refractivity (Wildman–Crippen MR) is 166 cm³/mol. The average Bonchev–Trinajstić information content (AvgIpc) is 3.00. The van der Waals surface area contributed by atoms with Crippen LogP contribution in [-0.4, -0.2) is 48.6 Å². The molecule has 0 spiro atoms. The molecule has 5 rings (SSSR count). The van der Waals surface area contributed by atoms with E-state index in [1.54, 1.807) is 17.2 Å². The summed E-state index contributed by atoms with van der Waals surface area (Å²) in [5.41, 5.74) is 3.25. The van der Waals surface area contributed by atoms with Crippen LogP contribution in [0.4, 0.5) is 4.79 Å². The van der Waals surface area contributed by atoms with E-state index in [0.717, 1.165) is 23.1 Å². The van der Waals surface area contributed by atoms with Gasteiger partial charge in [-0.25, -0.2) is 9.59 Å². The third-order valence-electron chi connectivity index (χ3n) is 7.43. The van der Waals surface area contributed by atoms with E-state index in [0.29, 0.717) is 38.3 Å². The molecule has 7 nitrogen and oxygen atoms in total. The molecule has 2 unspecified atom stereocenters. The van der Waals surface area contributed by atoms with E-state index >= 15 is 0 Å². The molecule has 224 valence electrons. The van der Waals surface area contributed by atoms with E-state index in [-0.39, 0.29) is 18.0 Å². The predicted octanol–water partition coefficient (Wildman–Crippen LogP) is 7.48. The van der Waals surface area contributed by atoms with Crippen molar-refractivity contribution in [3.63, 3.8) is 0 Å². The molecule has 1 aliphatic rings. The number of benzene rings is 4. The lowest BCUT2D eigenvalue weighted by Gasteiger charge is -2.37. The van der Waals surface area contributed by atoms with Gasteiger partial charge in [-0.05, 0) is 72.9 Å². The highest BCUT2D eigenvalue weighted by molar-refractivity contribution is 5.89. The molecule has 0 N–H and O–H groups in total. The number of hydrogen-bond acceptors (Lipinski definition) is 7. The number of rotatable bonds is 9. The summed E-state index contributed by atoms with van der Waals surface area (Å²) in [5.74, 6) is -0.201. The SMILES string of the molecule is CC(C)(C)OC(=O)ON1CCC(c2ccc(CCOC(=O)c3ccccc3)cc2)C(OCc2ccc3ccccc3c2)C1. The van der Waals surface area contributed by atoms with Crippen LogP contribution in [-0.2, 0) is 32.1 Å². The Morgan fingerprint density at radius 2 is 1.53 bits per heavy atom. The van der Waals surface area contributed by atoms with E-state index < -0.39 is 11.8 Å². The van der Waals surface area contributed by atoms with Crippen molar-refractivity contribution < 1.29 is 28.6 Å². The summed E-state index contributed by atoms with van der Waals surface area (Å²) >= 11 is 0. The molecule has 0 aliphatic carbocycles. The molecule has 1 fully saturated rings. The fourth-order valence-corrected chi connectivity index (χ4v) is 5.28. The van der Waals surface area contributed by atoms with E-state index in [2.05, 4.69) is 54.6 Å². The zero-order valence-electron chi connectivity index (χ0n) is 25.0. The van der Waals surface area contributed by atoms with Crippen LogP contribution in [0.15, 0.2) is 97.1 Å². The monoisotopic (exact) mass is 581 g/mol. The number of hydrogen-bond donors (Lipinski definition) is 0. The topological polar surface area (TPSA) is 74.3 Å². The minimum atomic E-state index is -0.712. The Labute approximate surface area is 253 Å². The van der Waals surface area contributed by atoms with Crippen molar-refractivity contribution in [3.05, 3.63) is 119 Å². The fraction of sp³-hybridized carbons (Fsp3) is 0.333. The van der Waals surface area contributed by atoms with Gasteiger partial charge in [0.1, 0.15) is 5.60 Å². The van der Waals surface area contributed by atoms with Crippen LogP contribution in [0.1, 0.15) is 60.2 Å². The maximum absolute atomic E-state index is 12.4. The molecule has 0 aromatic heterocycles. The second kappa shape index (κ2) is 13.8. The highest BCUT2D eigenvalue weighted by atomic mass is 16.8. The lowest BCUT2D eigenvalue weighted by atomic mass is 9.87. The van der Waals surface area contributed by atoms with Gasteiger partial charge < -0.3 is 19.0 Å². The van der Waals surface area contributed by atoms with Crippen molar-refractivity contribution in [2.75, 3.05) is 19.7 Å². The molecule has 1 saturated heterocycles. The number of nitrogens with zero attached hydrogens (tertiary/aromatic N) is 1. The largest absolute Gasteiger partial charge is 0.528 e. The molecule has 0 amide bonds. The van der Waals surface area contributed by atoms with Crippen LogP contribution in [0, 0.1) is 0 Å². The third kappa shape index (κ3) is 8.66. The molecule has 7 heteroatoms. The molecule has 4 aromatic carbocycles. The highest BCUT2D eigenvalue weighted by Gasteiger charge is 2.34. The summed E-state index contributed by atoms with van der Waals surface area (Å²) in [7, 11) is 0. The van der Waals surface area contributed by atoms with Gasteiger partial charge in [-0.15, -0.1) is 5.06 Å². The first-order valence-electron chi connectivity index (χ1n) is 14.8. The summed E-state index contributed by atoms with van der Waals surface area (Å²) in [5, 5.41) is 4.00. The second-order valence-electron chi connectivity index (χ2n) is 11.9. The Morgan fingerprint density at radius 3 is 2.28 bits per heavy atom. The van der Waals surface area contributed by atoms with E-state index in [1.807, 2.05) is 51.1 Å². The van der Waals surface area contributed by atoms with Gasteiger partial charge in [-0.3, -0.25) is 0 Å². The number of ether oxygens (including phenoxy) is 3. The van der Waals surface area contributed by atoms with Crippen LogP contribution in [0.25, 0.3) is 10.8 Å². The molecule has 1 heterocycles. The maximum atomic E-state index is 12.4. The minimum absolute atomic E-state index is 0.115. The van der Waals surface area contributed by atoms with Crippen LogP contribution in [0.2, 0.25) is 0 Å². The zero-order chi connectivity index (χ0) is 30.2. The Morgan fingerprint density at radius 1 is 0.837 bits per heavy atom. The molecule has 2 atom stereocenters. The summed E-state index contributed by atoms with van der Waals surface area (Å²) in [4.78, 5) is 30.2. The number of fused-ring (bicyclic) bond motifs is 1. The zero-order valence-corrected chi connectivity index (χ0v) is 25.0. The van der Waals surface area contributed by atoms with E-state index in [4.69, 9.17) is 19.0 Å². The van der Waals surface area contributed by atoms with E-state index in [1.165, 1.54) is 10.8 Å². The van der Waals surface area contributed by atoms with Crippen LogP contribution in [0.3, 0.4) is 0 Å². The van der Waals surface area contributed by atoms with Gasteiger partial charge in [-0.1, -0.05) is 78.9 Å². The summed E-state index contributed by atoms with van der Waals surface area (Å²) < 4.78 is 17.4. The number of hydroxylamine groups is 2. The first-order chi connectivity index (χ1) is 20.7. The molecular formula is C36H39NO6. The second-order valence-corrected chi connectivity index (χ2v) is 11.9. The summed E-state index contributed by atoms with van der Waals surface area (Å²) in [6, 6.07) is 32.0. The Hall–Kier alpha value is -4.20. The van der Waals surface area contributed by atoms with Crippen LogP contribution in [0.5, 0.6) is 0 Å². The van der Waals surface area contributed by atoms with Crippen molar-refractivity contribution in [1.82, 2.24) is 5.06 Å². The fourth-order valence-electron chi connectivity index (χ4n) is 5.28. The van der Waals surface area contributed by atoms with Gasteiger partial charge in [0.15, 0.2) is 0 Å². The number of carbonyl (C=O) groups excluding carboxylic acids is 2. The highest BCUT2D eigenvalue weighted by Crippen LogP contribution is 2.32. The molecule has 0 radical (unpaired) electrons. The van der Waals surface area contributed by atoms with Gasteiger partial charge in [0.05, 0.1) is 31.4 Å². The standard InChI is InChI=1S/C36H39NO6/c1-36(2,3)42-35(39)43-37-21-19-32(33(24-37)41-25-27-15-16-28-9-7-8-12-31(28)23-27)29-17-13-26(14-18-29)20-22-40-34(38)30-10-5-4-6-11-30/h4-18,23,32-33H,19-22,24-25H2,1-3H3. The number of esters is 1. The Balaban J connectivity index is 1.23. The molecule has 4 aromatic rings. The number of carbonyl (C=O) groups is 2. The first kappa shape index (κ1) is 30.3. The van der Waals surface area contributed by atoms with Gasteiger partial charge in [-0.2, -0.15) is 0 Å². The lowest BCUT2D eigenvalue weighted by Crippen LogP contribution is -2.45. The van der Waals surface area contributed by atoms with Crippen molar-refractivity contribution >= 4 is 22.9 Å². The molecule has 0 bridgehead atoms. The smallest absolute Gasteiger partial charge is 0.462 e. The Kier molecular flexibility index (Phi) is 9.75. The molecular weight excluding hydrogens is 542 g/mol.